The molecule has 0 aliphatic carbocycles. The highest BCUT2D eigenvalue weighted by Gasteiger charge is 2.18. The van der Waals surface area contributed by atoms with E-state index in [1.54, 1.807) is 7.11 Å². The zero-order valence-electron chi connectivity index (χ0n) is 16.5. The number of piperazine rings is 1. The maximum atomic E-state index is 10.3. The molecule has 1 aromatic rings. The molecule has 1 atom stereocenters. The van der Waals surface area contributed by atoms with Crippen LogP contribution in [-0.2, 0) is 6.54 Å². The molecule has 148 valence electrons. The van der Waals surface area contributed by atoms with E-state index >= 15 is 0 Å². The van der Waals surface area contributed by atoms with Gasteiger partial charge >= 0.3 is 0 Å². The Hall–Kier alpha value is -1.34. The van der Waals surface area contributed by atoms with Crippen molar-refractivity contribution < 1.29 is 14.6 Å². The molecule has 6 heteroatoms. The van der Waals surface area contributed by atoms with Gasteiger partial charge in [0.1, 0.15) is 12.7 Å². The van der Waals surface area contributed by atoms with Crippen LogP contribution >= 0.6 is 0 Å². The molecule has 0 aromatic heterocycles. The maximum absolute atomic E-state index is 10.3. The first-order valence-corrected chi connectivity index (χ1v) is 9.71. The Morgan fingerprint density at radius 1 is 1.19 bits per heavy atom. The van der Waals surface area contributed by atoms with Gasteiger partial charge in [0.05, 0.1) is 7.11 Å². The van der Waals surface area contributed by atoms with Crippen LogP contribution in [0.3, 0.4) is 0 Å². The third-order valence-corrected chi connectivity index (χ3v) is 4.76. The number of unbranched alkanes of at least 4 members (excludes halogenated alkanes) is 1. The summed E-state index contributed by atoms with van der Waals surface area (Å²) >= 11 is 0. The fourth-order valence-corrected chi connectivity index (χ4v) is 3.05. The number of hydrogen-bond acceptors (Lipinski definition) is 6. The molecule has 1 fully saturated rings. The Labute approximate surface area is 158 Å². The molecule has 1 aliphatic heterocycles. The zero-order chi connectivity index (χ0) is 18.8. The number of methoxy groups -OCH3 is 1. The summed E-state index contributed by atoms with van der Waals surface area (Å²) in [5.74, 6) is 1.40. The van der Waals surface area contributed by atoms with Crippen molar-refractivity contribution in [2.75, 3.05) is 60.0 Å². The molecule has 1 heterocycles. The fourth-order valence-electron chi connectivity index (χ4n) is 3.05. The van der Waals surface area contributed by atoms with Crippen LogP contribution in [-0.4, -0.2) is 81.0 Å². The minimum absolute atomic E-state index is 0.273. The molecule has 26 heavy (non-hydrogen) atoms. The van der Waals surface area contributed by atoms with Gasteiger partial charge in [0, 0.05) is 39.3 Å². The third kappa shape index (κ3) is 7.11. The van der Waals surface area contributed by atoms with E-state index in [0.717, 1.165) is 44.8 Å². The van der Waals surface area contributed by atoms with Crippen LogP contribution < -0.4 is 14.8 Å². The molecule has 1 aromatic carbocycles. The van der Waals surface area contributed by atoms with Gasteiger partial charge in [-0.05, 0) is 37.7 Å². The van der Waals surface area contributed by atoms with E-state index in [1.807, 2.05) is 18.2 Å². The van der Waals surface area contributed by atoms with Crippen molar-refractivity contribution in [1.29, 1.82) is 0 Å². The van der Waals surface area contributed by atoms with E-state index in [0.29, 0.717) is 18.0 Å². The van der Waals surface area contributed by atoms with E-state index in [4.69, 9.17) is 9.47 Å². The monoisotopic (exact) mass is 365 g/mol. The molecule has 0 unspecified atom stereocenters. The number of benzene rings is 1. The summed E-state index contributed by atoms with van der Waals surface area (Å²) < 4.78 is 11.3. The number of β-amino-alcohol motifs (C(OH)–C–C–N with tert-alkyl or cyclic N) is 1. The number of aliphatic hydroxyl groups excluding tert-OH is 1. The topological polar surface area (TPSA) is 57.2 Å². The van der Waals surface area contributed by atoms with Crippen molar-refractivity contribution in [1.82, 2.24) is 15.1 Å². The van der Waals surface area contributed by atoms with Gasteiger partial charge in [0.25, 0.3) is 0 Å². The second-order valence-corrected chi connectivity index (χ2v) is 7.08. The molecule has 2 rings (SSSR count). The summed E-state index contributed by atoms with van der Waals surface area (Å²) in [6.07, 6.45) is 1.86. The van der Waals surface area contributed by atoms with Gasteiger partial charge in [0.2, 0.25) is 0 Å². The predicted molar refractivity (Wildman–Crippen MR) is 105 cm³/mol. The first-order valence-electron chi connectivity index (χ1n) is 9.71. The zero-order valence-corrected chi connectivity index (χ0v) is 16.5. The van der Waals surface area contributed by atoms with Gasteiger partial charge < -0.3 is 24.8 Å². The highest BCUT2D eigenvalue weighted by Crippen LogP contribution is 2.28. The average molecular weight is 366 g/mol. The third-order valence-electron chi connectivity index (χ3n) is 4.76. The Balaban J connectivity index is 1.82. The molecule has 0 saturated carbocycles. The molecule has 1 aliphatic rings. The standard InChI is InChI=1S/C20H35N3O3/c1-4-5-8-21-14-17-6-7-19(25-3)20(13-17)26-16-18(24)15-23-11-9-22(2)10-12-23/h6-7,13,18,21,24H,4-5,8-12,14-16H2,1-3H3/t18-/m0/s1. The second kappa shape index (κ2) is 11.4. The van der Waals surface area contributed by atoms with Crippen molar-refractivity contribution in [2.24, 2.45) is 0 Å². The summed E-state index contributed by atoms with van der Waals surface area (Å²) in [6.45, 7) is 9.03. The molecular formula is C20H35N3O3. The quantitative estimate of drug-likeness (QED) is 0.581. The van der Waals surface area contributed by atoms with Crippen LogP contribution in [0, 0.1) is 0 Å². The van der Waals surface area contributed by atoms with Crippen molar-refractivity contribution >= 4 is 0 Å². The minimum atomic E-state index is -0.505. The number of ether oxygens (including phenoxy) is 2. The smallest absolute Gasteiger partial charge is 0.161 e. The second-order valence-electron chi connectivity index (χ2n) is 7.08. The van der Waals surface area contributed by atoms with Crippen molar-refractivity contribution in [3.05, 3.63) is 23.8 Å². The van der Waals surface area contributed by atoms with Crippen LogP contribution in [0.1, 0.15) is 25.3 Å². The fraction of sp³-hybridized carbons (Fsp3) is 0.700. The molecule has 0 radical (unpaired) electrons. The van der Waals surface area contributed by atoms with Crippen LogP contribution in [0.5, 0.6) is 11.5 Å². The predicted octanol–water partition coefficient (Wildman–Crippen LogP) is 1.57. The Morgan fingerprint density at radius 3 is 2.65 bits per heavy atom. The van der Waals surface area contributed by atoms with Gasteiger partial charge in [-0.1, -0.05) is 19.4 Å². The molecule has 1 saturated heterocycles. The molecule has 0 spiro atoms. The first-order chi connectivity index (χ1) is 12.6. The van der Waals surface area contributed by atoms with Crippen molar-refractivity contribution in [2.45, 2.75) is 32.4 Å². The lowest BCUT2D eigenvalue weighted by Crippen LogP contribution is -2.47. The van der Waals surface area contributed by atoms with Gasteiger partial charge in [-0.15, -0.1) is 0 Å². The van der Waals surface area contributed by atoms with E-state index in [9.17, 15) is 5.11 Å². The van der Waals surface area contributed by atoms with Crippen LogP contribution in [0.25, 0.3) is 0 Å². The number of aliphatic hydroxyl groups is 1. The van der Waals surface area contributed by atoms with Crippen LogP contribution in [0.4, 0.5) is 0 Å². The number of nitrogens with zero attached hydrogens (tertiary/aromatic N) is 2. The lowest BCUT2D eigenvalue weighted by molar-refractivity contribution is 0.0498. The molecular weight excluding hydrogens is 330 g/mol. The van der Waals surface area contributed by atoms with E-state index in [1.165, 1.54) is 12.8 Å². The van der Waals surface area contributed by atoms with E-state index < -0.39 is 6.10 Å². The number of rotatable bonds is 11. The van der Waals surface area contributed by atoms with Gasteiger partial charge in [-0.25, -0.2) is 0 Å². The molecule has 0 bridgehead atoms. The van der Waals surface area contributed by atoms with Crippen molar-refractivity contribution in [3.63, 3.8) is 0 Å². The lowest BCUT2D eigenvalue weighted by Gasteiger charge is -2.33. The summed E-state index contributed by atoms with van der Waals surface area (Å²) in [6, 6.07) is 5.98. The molecule has 6 nitrogen and oxygen atoms in total. The normalized spacial score (nSPS) is 17.2. The number of likely N-dealkylation sites (N-methyl/N-ethyl adjacent to an activating group) is 1. The number of hydrogen-bond donors (Lipinski definition) is 2. The largest absolute Gasteiger partial charge is 0.493 e. The molecule has 0 amide bonds. The highest BCUT2D eigenvalue weighted by atomic mass is 16.5. The van der Waals surface area contributed by atoms with Crippen molar-refractivity contribution in [3.8, 4) is 11.5 Å². The average Bonchev–Trinajstić information content (AvgIpc) is 2.65. The maximum Gasteiger partial charge on any atom is 0.161 e. The van der Waals surface area contributed by atoms with Crippen LogP contribution in [0.15, 0.2) is 18.2 Å². The van der Waals surface area contributed by atoms with Gasteiger partial charge in [-0.2, -0.15) is 0 Å². The van der Waals surface area contributed by atoms with E-state index in [2.05, 4.69) is 29.1 Å². The summed E-state index contributed by atoms with van der Waals surface area (Å²) in [7, 11) is 3.77. The summed E-state index contributed by atoms with van der Waals surface area (Å²) in [5.41, 5.74) is 1.16. The van der Waals surface area contributed by atoms with Gasteiger partial charge in [-0.3, -0.25) is 4.90 Å². The summed E-state index contributed by atoms with van der Waals surface area (Å²) in [4.78, 5) is 4.60. The Bertz CT molecular complexity index is 519. The SMILES string of the molecule is CCCCNCc1ccc(OC)c(OC[C@@H](O)CN2CCN(C)CC2)c1. The van der Waals surface area contributed by atoms with Gasteiger partial charge in [0.15, 0.2) is 11.5 Å². The first kappa shape index (κ1) is 21.0. The number of nitrogens with one attached hydrogen (secondary N) is 1. The Kier molecular flexibility index (Phi) is 9.18. The molecule has 2 N–H and O–H groups in total. The summed E-state index contributed by atoms with van der Waals surface area (Å²) in [5, 5.41) is 13.8. The Morgan fingerprint density at radius 2 is 1.96 bits per heavy atom. The van der Waals surface area contributed by atoms with E-state index in [-0.39, 0.29) is 6.61 Å². The lowest BCUT2D eigenvalue weighted by atomic mass is 10.2. The minimum Gasteiger partial charge on any atom is -0.493 e. The highest BCUT2D eigenvalue weighted by molar-refractivity contribution is 5.43. The van der Waals surface area contributed by atoms with Crippen LogP contribution in [0.2, 0.25) is 0 Å².